The number of hydrogen-bond donors (Lipinski definition) is 1. The first-order valence-electron chi connectivity index (χ1n) is 8.18. The summed E-state index contributed by atoms with van der Waals surface area (Å²) in [6.45, 7) is 0. The van der Waals surface area contributed by atoms with Gasteiger partial charge < -0.3 is 0 Å². The summed E-state index contributed by atoms with van der Waals surface area (Å²) >= 11 is 12.2. The van der Waals surface area contributed by atoms with E-state index in [0.29, 0.717) is 10.0 Å². The van der Waals surface area contributed by atoms with E-state index >= 15 is 0 Å². The molecular formula is C21H15Cl2N3. The van der Waals surface area contributed by atoms with Crippen LogP contribution in [-0.4, -0.2) is 15.2 Å². The van der Waals surface area contributed by atoms with E-state index in [0.717, 1.165) is 34.3 Å². The van der Waals surface area contributed by atoms with Crippen LogP contribution in [-0.2, 0) is 6.42 Å². The highest BCUT2D eigenvalue weighted by atomic mass is 35.5. The highest BCUT2D eigenvalue weighted by Gasteiger charge is 2.06. The molecule has 0 atom stereocenters. The molecule has 0 aliphatic rings. The maximum absolute atomic E-state index is 6.10. The predicted octanol–water partition coefficient (Wildman–Crippen LogP) is 6.03. The molecule has 0 fully saturated rings. The second kappa shape index (κ2) is 7.32. The number of pyridine rings is 1. The molecule has 0 aliphatic carbocycles. The van der Waals surface area contributed by atoms with Gasteiger partial charge in [0.2, 0.25) is 0 Å². The number of rotatable bonds is 4. The Morgan fingerprint density at radius 1 is 0.885 bits per heavy atom. The number of nitrogens with one attached hydrogen (secondary N) is 1. The number of aromatic nitrogens is 3. The van der Waals surface area contributed by atoms with E-state index in [1.807, 2.05) is 48.6 Å². The zero-order valence-corrected chi connectivity index (χ0v) is 15.3. The van der Waals surface area contributed by atoms with Crippen LogP contribution in [0.3, 0.4) is 0 Å². The molecule has 0 radical (unpaired) electrons. The van der Waals surface area contributed by atoms with Gasteiger partial charge in [-0.1, -0.05) is 35.3 Å². The molecule has 5 heteroatoms. The molecule has 0 saturated carbocycles. The lowest BCUT2D eigenvalue weighted by molar-refractivity contribution is 1.11. The highest BCUT2D eigenvalue weighted by Crippen LogP contribution is 2.24. The van der Waals surface area contributed by atoms with Crippen molar-refractivity contribution in [2.45, 2.75) is 6.42 Å². The Labute approximate surface area is 161 Å². The van der Waals surface area contributed by atoms with Crippen molar-refractivity contribution in [3.05, 3.63) is 93.4 Å². The van der Waals surface area contributed by atoms with E-state index in [-0.39, 0.29) is 0 Å². The number of halogens is 2. The van der Waals surface area contributed by atoms with Crippen molar-refractivity contribution in [3.8, 4) is 0 Å². The normalized spacial score (nSPS) is 11.5. The first kappa shape index (κ1) is 16.8. The maximum atomic E-state index is 6.10. The first-order chi connectivity index (χ1) is 12.7. The number of nitrogens with zero attached hydrogens (tertiary/aromatic N) is 2. The van der Waals surface area contributed by atoms with E-state index < -0.39 is 0 Å². The molecule has 0 saturated heterocycles. The third kappa shape index (κ3) is 3.79. The maximum Gasteiger partial charge on any atom is 0.0927 e. The summed E-state index contributed by atoms with van der Waals surface area (Å²) in [6.07, 6.45) is 6.50. The molecule has 0 bridgehead atoms. The van der Waals surface area contributed by atoms with Crippen molar-refractivity contribution in [2.75, 3.05) is 0 Å². The second-order valence-electron chi connectivity index (χ2n) is 6.03. The van der Waals surface area contributed by atoms with Gasteiger partial charge in [-0.05, 0) is 72.2 Å². The van der Waals surface area contributed by atoms with Crippen LogP contribution < -0.4 is 0 Å². The molecule has 2 aromatic heterocycles. The van der Waals surface area contributed by atoms with E-state index in [9.17, 15) is 0 Å². The van der Waals surface area contributed by atoms with Crippen LogP contribution in [0, 0.1) is 0 Å². The monoisotopic (exact) mass is 379 g/mol. The molecule has 0 aliphatic heterocycles. The van der Waals surface area contributed by atoms with Crippen LogP contribution >= 0.6 is 23.2 Å². The average molecular weight is 380 g/mol. The fourth-order valence-electron chi connectivity index (χ4n) is 2.91. The summed E-state index contributed by atoms with van der Waals surface area (Å²) in [7, 11) is 0. The molecule has 26 heavy (non-hydrogen) atoms. The largest absolute Gasteiger partial charge is 0.277 e. The Hall–Kier alpha value is -2.62. The van der Waals surface area contributed by atoms with Crippen molar-refractivity contribution >= 4 is 46.3 Å². The molecule has 0 amide bonds. The zero-order chi connectivity index (χ0) is 17.9. The van der Waals surface area contributed by atoms with E-state index in [4.69, 9.17) is 23.2 Å². The van der Waals surface area contributed by atoms with Crippen LogP contribution in [0.15, 0.2) is 60.8 Å². The van der Waals surface area contributed by atoms with Gasteiger partial charge in [0.15, 0.2) is 0 Å². The van der Waals surface area contributed by atoms with Crippen LogP contribution in [0.25, 0.3) is 23.1 Å². The number of benzene rings is 2. The van der Waals surface area contributed by atoms with Gasteiger partial charge >= 0.3 is 0 Å². The predicted molar refractivity (Wildman–Crippen MR) is 109 cm³/mol. The number of hydrogen-bond acceptors (Lipinski definition) is 2. The molecule has 3 nitrogen and oxygen atoms in total. The first-order valence-corrected chi connectivity index (χ1v) is 8.94. The molecule has 4 aromatic rings. The zero-order valence-electron chi connectivity index (χ0n) is 13.8. The fraction of sp³-hybridized carbons (Fsp3) is 0.0476. The molecule has 1 N–H and O–H groups in total. The summed E-state index contributed by atoms with van der Waals surface area (Å²) < 4.78 is 0. The number of H-pyrrole nitrogens is 1. The topological polar surface area (TPSA) is 41.6 Å². The standard InChI is InChI=1S/C21H15Cl2N3/c22-16-10-15(11-17(23)13-16)9-14-4-6-20-19(12-14)21(26-25-20)7-5-18-3-1-2-8-24-18/h1-8,10-13H,9H2,(H,25,26). The molecular weight excluding hydrogens is 365 g/mol. The molecule has 128 valence electrons. The molecule has 2 heterocycles. The average Bonchev–Trinajstić information content (AvgIpc) is 3.02. The van der Waals surface area contributed by atoms with Gasteiger partial charge in [0.05, 0.1) is 16.9 Å². The van der Waals surface area contributed by atoms with Gasteiger partial charge in [-0.15, -0.1) is 0 Å². The van der Waals surface area contributed by atoms with E-state index in [1.54, 1.807) is 12.3 Å². The Morgan fingerprint density at radius 2 is 1.73 bits per heavy atom. The minimum atomic E-state index is 0.649. The Bertz CT molecular complexity index is 1060. The van der Waals surface area contributed by atoms with Crippen molar-refractivity contribution in [2.24, 2.45) is 0 Å². The summed E-state index contributed by atoms with van der Waals surface area (Å²) in [5, 5.41) is 9.82. The van der Waals surface area contributed by atoms with Crippen LogP contribution in [0.5, 0.6) is 0 Å². The molecule has 0 spiro atoms. The quantitative estimate of drug-likeness (QED) is 0.470. The SMILES string of the molecule is Clc1cc(Cl)cc(Cc2ccc3n[nH]c(C=Cc4ccccn4)c3c2)c1. The van der Waals surface area contributed by atoms with Crippen molar-refractivity contribution in [1.29, 1.82) is 0 Å². The van der Waals surface area contributed by atoms with Crippen LogP contribution in [0.1, 0.15) is 22.5 Å². The van der Waals surface area contributed by atoms with Gasteiger partial charge in [-0.2, -0.15) is 5.10 Å². The lowest BCUT2D eigenvalue weighted by Crippen LogP contribution is -1.88. The minimum Gasteiger partial charge on any atom is -0.277 e. The van der Waals surface area contributed by atoms with E-state index in [2.05, 4.69) is 27.3 Å². The molecule has 0 unspecified atom stereocenters. The van der Waals surface area contributed by atoms with Gasteiger partial charge in [-0.3, -0.25) is 10.1 Å². The highest BCUT2D eigenvalue weighted by molar-refractivity contribution is 6.34. The second-order valence-corrected chi connectivity index (χ2v) is 6.90. The van der Waals surface area contributed by atoms with Gasteiger partial charge in [0.1, 0.15) is 0 Å². The van der Waals surface area contributed by atoms with Crippen molar-refractivity contribution in [3.63, 3.8) is 0 Å². The summed E-state index contributed by atoms with van der Waals surface area (Å²) in [6, 6.07) is 17.7. The van der Waals surface area contributed by atoms with Gasteiger partial charge in [0.25, 0.3) is 0 Å². The van der Waals surface area contributed by atoms with E-state index in [1.165, 1.54) is 5.56 Å². The smallest absolute Gasteiger partial charge is 0.0927 e. The van der Waals surface area contributed by atoms with Crippen LogP contribution in [0.2, 0.25) is 10.0 Å². The van der Waals surface area contributed by atoms with Crippen LogP contribution in [0.4, 0.5) is 0 Å². The third-order valence-corrected chi connectivity index (χ3v) is 4.52. The summed E-state index contributed by atoms with van der Waals surface area (Å²) in [5.41, 5.74) is 5.04. The Kier molecular flexibility index (Phi) is 4.74. The Balaban J connectivity index is 1.65. The number of aromatic amines is 1. The molecule has 4 rings (SSSR count). The van der Waals surface area contributed by atoms with Gasteiger partial charge in [-0.25, -0.2) is 0 Å². The van der Waals surface area contributed by atoms with Crippen molar-refractivity contribution < 1.29 is 0 Å². The summed E-state index contributed by atoms with van der Waals surface area (Å²) in [4.78, 5) is 4.30. The summed E-state index contributed by atoms with van der Waals surface area (Å²) in [5.74, 6) is 0. The number of fused-ring (bicyclic) bond motifs is 1. The lowest BCUT2D eigenvalue weighted by Gasteiger charge is -2.04. The lowest BCUT2D eigenvalue weighted by atomic mass is 10.0. The fourth-order valence-corrected chi connectivity index (χ4v) is 3.48. The molecule has 2 aromatic carbocycles. The van der Waals surface area contributed by atoms with Crippen molar-refractivity contribution in [1.82, 2.24) is 15.2 Å². The van der Waals surface area contributed by atoms with Gasteiger partial charge in [0, 0.05) is 21.6 Å². The minimum absolute atomic E-state index is 0.649. The third-order valence-electron chi connectivity index (χ3n) is 4.09. The Morgan fingerprint density at radius 3 is 2.50 bits per heavy atom.